The largest absolute Gasteiger partial charge is 0.384 e. The zero-order valence-electron chi connectivity index (χ0n) is 11.7. The van der Waals surface area contributed by atoms with Gasteiger partial charge in [0.05, 0.1) is 5.02 Å². The summed E-state index contributed by atoms with van der Waals surface area (Å²) < 4.78 is 26.0. The Morgan fingerprint density at radius 1 is 1.40 bits per heavy atom. The minimum atomic E-state index is -3.60. The summed E-state index contributed by atoms with van der Waals surface area (Å²) in [7, 11) is -2.07. The van der Waals surface area contributed by atoms with Crippen LogP contribution in [0.15, 0.2) is 23.1 Å². The molecule has 0 saturated carbocycles. The third-order valence-corrected chi connectivity index (χ3v) is 4.86. The zero-order chi connectivity index (χ0) is 15.3. The Morgan fingerprint density at radius 3 is 2.55 bits per heavy atom. The van der Waals surface area contributed by atoms with Gasteiger partial charge in [0.25, 0.3) is 0 Å². The maximum absolute atomic E-state index is 12.4. The standard InChI is InChI=1S/C14H18ClNO3S/c1-11(2)10-16(3)20(18,19)14-7-6-12(5-4-8-17)9-13(14)15/h6-7,9,11,17H,8,10H2,1-3H3. The topological polar surface area (TPSA) is 57.6 Å². The zero-order valence-corrected chi connectivity index (χ0v) is 13.3. The molecule has 110 valence electrons. The van der Waals surface area contributed by atoms with E-state index in [0.29, 0.717) is 12.1 Å². The number of rotatable bonds is 4. The van der Waals surface area contributed by atoms with Gasteiger partial charge in [0, 0.05) is 19.2 Å². The van der Waals surface area contributed by atoms with Gasteiger partial charge in [-0.25, -0.2) is 12.7 Å². The highest BCUT2D eigenvalue weighted by molar-refractivity contribution is 7.89. The lowest BCUT2D eigenvalue weighted by atomic mass is 10.2. The van der Waals surface area contributed by atoms with Gasteiger partial charge < -0.3 is 5.11 Å². The van der Waals surface area contributed by atoms with E-state index < -0.39 is 10.0 Å². The summed E-state index contributed by atoms with van der Waals surface area (Å²) in [6.45, 7) is 4.06. The predicted octanol–water partition coefficient (Wildman–Crippen LogP) is 1.96. The molecule has 0 aromatic heterocycles. The van der Waals surface area contributed by atoms with Crippen LogP contribution < -0.4 is 0 Å². The average Bonchev–Trinajstić information content (AvgIpc) is 2.35. The summed E-state index contributed by atoms with van der Waals surface area (Å²) in [5, 5.41) is 8.76. The molecule has 1 aromatic rings. The second-order valence-corrected chi connectivity index (χ2v) is 7.20. The van der Waals surface area contributed by atoms with Crippen LogP contribution in [0.5, 0.6) is 0 Å². The third-order valence-electron chi connectivity index (χ3n) is 2.55. The third kappa shape index (κ3) is 4.22. The van der Waals surface area contributed by atoms with Crippen molar-refractivity contribution < 1.29 is 13.5 Å². The summed E-state index contributed by atoms with van der Waals surface area (Å²) in [5.41, 5.74) is 0.564. The van der Waals surface area contributed by atoms with Crippen LogP contribution in [0, 0.1) is 17.8 Å². The number of aliphatic hydroxyl groups excluding tert-OH is 1. The van der Waals surface area contributed by atoms with Crippen molar-refractivity contribution in [2.45, 2.75) is 18.7 Å². The number of aliphatic hydroxyl groups is 1. The molecule has 0 amide bonds. The monoisotopic (exact) mass is 315 g/mol. The number of nitrogens with zero attached hydrogens (tertiary/aromatic N) is 1. The van der Waals surface area contributed by atoms with Crippen molar-refractivity contribution >= 4 is 21.6 Å². The maximum atomic E-state index is 12.4. The second-order valence-electron chi connectivity index (χ2n) is 4.78. The van der Waals surface area contributed by atoms with E-state index in [0.717, 1.165) is 0 Å². The number of halogens is 1. The lowest BCUT2D eigenvalue weighted by Crippen LogP contribution is -2.30. The van der Waals surface area contributed by atoms with Gasteiger partial charge in [-0.15, -0.1) is 0 Å². The molecule has 0 aliphatic heterocycles. The molecule has 0 atom stereocenters. The van der Waals surface area contributed by atoms with Crippen molar-refractivity contribution in [2.75, 3.05) is 20.2 Å². The van der Waals surface area contributed by atoms with Gasteiger partial charge in [-0.05, 0) is 24.1 Å². The lowest BCUT2D eigenvalue weighted by molar-refractivity contribution is 0.350. The Hall–Kier alpha value is -1.06. The Balaban J connectivity index is 3.14. The number of hydrogen-bond donors (Lipinski definition) is 1. The minimum Gasteiger partial charge on any atom is -0.384 e. The van der Waals surface area contributed by atoms with Crippen LogP contribution in [0.4, 0.5) is 0 Å². The average molecular weight is 316 g/mol. The van der Waals surface area contributed by atoms with Crippen LogP contribution in [0.2, 0.25) is 5.02 Å². The van der Waals surface area contributed by atoms with E-state index in [1.54, 1.807) is 6.07 Å². The molecule has 4 nitrogen and oxygen atoms in total. The van der Waals surface area contributed by atoms with E-state index in [1.165, 1.54) is 23.5 Å². The smallest absolute Gasteiger partial charge is 0.244 e. The molecule has 0 radical (unpaired) electrons. The van der Waals surface area contributed by atoms with Crippen LogP contribution in [-0.4, -0.2) is 38.0 Å². The lowest BCUT2D eigenvalue weighted by Gasteiger charge is -2.19. The van der Waals surface area contributed by atoms with Crippen molar-refractivity contribution in [2.24, 2.45) is 5.92 Å². The van der Waals surface area contributed by atoms with Gasteiger partial charge in [0.2, 0.25) is 10.0 Å². The highest BCUT2D eigenvalue weighted by Gasteiger charge is 2.24. The first-order chi connectivity index (χ1) is 9.28. The summed E-state index contributed by atoms with van der Waals surface area (Å²) in [6.07, 6.45) is 0. The molecule has 0 aliphatic rings. The van der Waals surface area contributed by atoms with E-state index in [9.17, 15) is 8.42 Å². The highest BCUT2D eigenvalue weighted by atomic mass is 35.5. The van der Waals surface area contributed by atoms with Crippen LogP contribution in [0.3, 0.4) is 0 Å². The maximum Gasteiger partial charge on any atom is 0.244 e. The van der Waals surface area contributed by atoms with Gasteiger partial charge in [-0.2, -0.15) is 0 Å². The molecule has 20 heavy (non-hydrogen) atoms. The second kappa shape index (κ2) is 7.09. The van der Waals surface area contributed by atoms with Crippen LogP contribution in [0.25, 0.3) is 0 Å². The normalized spacial score (nSPS) is 11.6. The molecule has 0 unspecified atom stereocenters. The van der Waals surface area contributed by atoms with Crippen molar-refractivity contribution in [3.05, 3.63) is 28.8 Å². The molecule has 1 rings (SSSR count). The molecule has 0 bridgehead atoms. The quantitative estimate of drug-likeness (QED) is 0.864. The van der Waals surface area contributed by atoms with Gasteiger partial charge in [-0.1, -0.05) is 37.3 Å². The molecular weight excluding hydrogens is 298 g/mol. The summed E-state index contributed by atoms with van der Waals surface area (Å²) in [5.74, 6) is 5.39. The number of hydrogen-bond acceptors (Lipinski definition) is 3. The minimum absolute atomic E-state index is 0.0665. The van der Waals surface area contributed by atoms with Crippen molar-refractivity contribution in [3.8, 4) is 11.8 Å². The fraction of sp³-hybridized carbons (Fsp3) is 0.429. The summed E-state index contributed by atoms with van der Waals surface area (Å²) in [6, 6.07) is 4.50. The van der Waals surface area contributed by atoms with Crippen LogP contribution in [-0.2, 0) is 10.0 Å². The molecular formula is C14H18ClNO3S. The number of benzene rings is 1. The van der Waals surface area contributed by atoms with Gasteiger partial charge >= 0.3 is 0 Å². The Morgan fingerprint density at radius 2 is 2.05 bits per heavy atom. The van der Waals surface area contributed by atoms with Crippen molar-refractivity contribution in [3.63, 3.8) is 0 Å². The van der Waals surface area contributed by atoms with E-state index in [4.69, 9.17) is 16.7 Å². The highest BCUT2D eigenvalue weighted by Crippen LogP contribution is 2.25. The van der Waals surface area contributed by atoms with Crippen LogP contribution >= 0.6 is 11.6 Å². The molecule has 0 saturated heterocycles. The van der Waals surface area contributed by atoms with Crippen molar-refractivity contribution in [1.29, 1.82) is 0 Å². The molecule has 0 heterocycles. The molecule has 0 aliphatic carbocycles. The van der Waals surface area contributed by atoms with Gasteiger partial charge in [0.1, 0.15) is 11.5 Å². The first kappa shape index (κ1) is 17.0. The fourth-order valence-corrected chi connectivity index (χ4v) is 3.56. The van der Waals surface area contributed by atoms with Crippen molar-refractivity contribution in [1.82, 2.24) is 4.31 Å². The van der Waals surface area contributed by atoms with Gasteiger partial charge in [-0.3, -0.25) is 0 Å². The molecule has 1 aromatic carbocycles. The van der Waals surface area contributed by atoms with E-state index in [-0.39, 0.29) is 22.4 Å². The Kier molecular flexibility index (Phi) is 6.03. The Bertz CT molecular complexity index is 630. The SMILES string of the molecule is CC(C)CN(C)S(=O)(=O)c1ccc(C#CCO)cc1Cl. The van der Waals surface area contributed by atoms with Crippen LogP contribution in [0.1, 0.15) is 19.4 Å². The number of sulfonamides is 1. The fourth-order valence-electron chi connectivity index (χ4n) is 1.71. The molecule has 0 spiro atoms. The molecule has 6 heteroatoms. The van der Waals surface area contributed by atoms with Gasteiger partial charge in [0.15, 0.2) is 0 Å². The first-order valence-electron chi connectivity index (χ1n) is 6.14. The summed E-state index contributed by atoms with van der Waals surface area (Å²) >= 11 is 6.04. The van der Waals surface area contributed by atoms with E-state index >= 15 is 0 Å². The van der Waals surface area contributed by atoms with E-state index in [2.05, 4.69) is 11.8 Å². The summed E-state index contributed by atoms with van der Waals surface area (Å²) in [4.78, 5) is 0.0665. The molecule has 0 fully saturated rings. The molecule has 1 N–H and O–H groups in total. The first-order valence-corrected chi connectivity index (χ1v) is 7.96. The predicted molar refractivity (Wildman–Crippen MR) is 80.1 cm³/mol. The Labute approximate surface area is 125 Å². The van der Waals surface area contributed by atoms with E-state index in [1.807, 2.05) is 13.8 Å².